The molecule has 0 saturated carbocycles. The molecule has 0 spiro atoms. The molecule has 3 aromatic rings. The van der Waals surface area contributed by atoms with Gasteiger partial charge in [0.1, 0.15) is 0 Å². The van der Waals surface area contributed by atoms with Crippen LogP contribution in [0.15, 0.2) is 36.8 Å². The highest BCUT2D eigenvalue weighted by atomic mass is 16.1. The van der Waals surface area contributed by atoms with Crippen molar-refractivity contribution >= 4 is 27.5 Å². The molecule has 0 aliphatic rings. The van der Waals surface area contributed by atoms with Crippen LogP contribution in [0.5, 0.6) is 0 Å². The minimum Gasteiger partial charge on any atom is -0.360 e. The number of nitrogens with one attached hydrogen (secondary N) is 1. The number of aromatic nitrogens is 2. The highest BCUT2D eigenvalue weighted by Gasteiger charge is 2.08. The molecule has 78 valence electrons. The molecule has 0 unspecified atom stereocenters. The van der Waals surface area contributed by atoms with Crippen LogP contribution in [0.1, 0.15) is 17.3 Å². The Morgan fingerprint density at radius 1 is 1.31 bits per heavy atom. The van der Waals surface area contributed by atoms with E-state index in [-0.39, 0.29) is 5.78 Å². The number of hydrogen-bond acceptors (Lipinski definition) is 2. The number of Topliss-reactive ketones (excluding diaryl/α,β-unsaturated/α-hetero) is 1. The van der Waals surface area contributed by atoms with Gasteiger partial charge < -0.3 is 4.98 Å². The van der Waals surface area contributed by atoms with Crippen LogP contribution in [-0.4, -0.2) is 15.8 Å². The quantitative estimate of drug-likeness (QED) is 0.627. The van der Waals surface area contributed by atoms with Gasteiger partial charge in [-0.1, -0.05) is 0 Å². The lowest BCUT2D eigenvalue weighted by atomic mass is 10.1. The van der Waals surface area contributed by atoms with Crippen LogP contribution in [0.3, 0.4) is 0 Å². The smallest absolute Gasteiger partial charge is 0.161 e. The molecular formula is C13H10N2O. The van der Waals surface area contributed by atoms with Crippen LogP contribution in [0.4, 0.5) is 0 Å². The number of nitrogens with zero attached hydrogens (tertiary/aromatic N) is 1. The Kier molecular flexibility index (Phi) is 1.80. The second kappa shape index (κ2) is 3.17. The average molecular weight is 210 g/mol. The van der Waals surface area contributed by atoms with Gasteiger partial charge in [-0.25, -0.2) is 0 Å². The van der Waals surface area contributed by atoms with E-state index in [0.717, 1.165) is 27.2 Å². The first-order valence-electron chi connectivity index (χ1n) is 5.11. The second-order valence-electron chi connectivity index (χ2n) is 3.88. The number of pyridine rings is 1. The summed E-state index contributed by atoms with van der Waals surface area (Å²) in [5, 5.41) is 3.16. The Labute approximate surface area is 92.1 Å². The van der Waals surface area contributed by atoms with Crippen molar-refractivity contribution in [2.75, 3.05) is 0 Å². The maximum absolute atomic E-state index is 11.4. The number of H-pyrrole nitrogens is 1. The van der Waals surface area contributed by atoms with E-state index in [2.05, 4.69) is 9.97 Å². The normalized spacial score (nSPS) is 11.1. The average Bonchev–Trinajstić information content (AvgIpc) is 2.68. The first-order chi connectivity index (χ1) is 7.75. The molecule has 0 saturated heterocycles. The van der Waals surface area contributed by atoms with Crippen LogP contribution >= 0.6 is 0 Å². The van der Waals surface area contributed by atoms with Gasteiger partial charge in [-0.3, -0.25) is 9.78 Å². The largest absolute Gasteiger partial charge is 0.360 e. The summed E-state index contributed by atoms with van der Waals surface area (Å²) < 4.78 is 0. The lowest BCUT2D eigenvalue weighted by molar-refractivity contribution is 0.101. The molecule has 0 radical (unpaired) electrons. The lowest BCUT2D eigenvalue weighted by Crippen LogP contribution is -1.88. The highest BCUT2D eigenvalue weighted by molar-refractivity contribution is 6.10. The van der Waals surface area contributed by atoms with E-state index in [4.69, 9.17) is 0 Å². The number of hydrogen-bond donors (Lipinski definition) is 1. The molecule has 0 bridgehead atoms. The van der Waals surface area contributed by atoms with Crippen molar-refractivity contribution in [3.8, 4) is 0 Å². The van der Waals surface area contributed by atoms with Crippen LogP contribution in [0, 0.1) is 0 Å². The van der Waals surface area contributed by atoms with Gasteiger partial charge in [0.2, 0.25) is 0 Å². The summed E-state index contributed by atoms with van der Waals surface area (Å²) in [4.78, 5) is 18.6. The summed E-state index contributed by atoms with van der Waals surface area (Å²) in [5.41, 5.74) is 1.72. The van der Waals surface area contributed by atoms with Gasteiger partial charge in [-0.15, -0.1) is 0 Å². The molecule has 0 aliphatic heterocycles. The van der Waals surface area contributed by atoms with Gasteiger partial charge in [0.25, 0.3) is 0 Å². The van der Waals surface area contributed by atoms with Crippen molar-refractivity contribution in [2.24, 2.45) is 0 Å². The summed E-state index contributed by atoms with van der Waals surface area (Å²) in [5.74, 6) is 0.0830. The van der Waals surface area contributed by atoms with Crippen LogP contribution in [0.25, 0.3) is 21.7 Å². The SMILES string of the molecule is CC(=O)c1c[nH]c2cc3cnccc3cc12. The van der Waals surface area contributed by atoms with E-state index in [9.17, 15) is 4.79 Å². The Bertz CT molecular complexity index is 697. The van der Waals surface area contributed by atoms with E-state index in [0.29, 0.717) is 0 Å². The summed E-state index contributed by atoms with van der Waals surface area (Å²) in [6.07, 6.45) is 5.34. The number of fused-ring (bicyclic) bond motifs is 2. The second-order valence-corrected chi connectivity index (χ2v) is 3.88. The zero-order valence-corrected chi connectivity index (χ0v) is 8.82. The van der Waals surface area contributed by atoms with Crippen molar-refractivity contribution in [3.05, 3.63) is 42.4 Å². The van der Waals surface area contributed by atoms with Crippen molar-refractivity contribution < 1.29 is 4.79 Å². The maximum Gasteiger partial charge on any atom is 0.161 e. The summed E-state index contributed by atoms with van der Waals surface area (Å²) in [6, 6.07) is 6.00. The van der Waals surface area contributed by atoms with Crippen molar-refractivity contribution in [2.45, 2.75) is 6.92 Å². The van der Waals surface area contributed by atoms with E-state index in [1.807, 2.05) is 24.4 Å². The van der Waals surface area contributed by atoms with Gasteiger partial charge in [-0.05, 0) is 30.5 Å². The molecule has 0 amide bonds. The predicted molar refractivity (Wildman–Crippen MR) is 63.6 cm³/mol. The van der Waals surface area contributed by atoms with E-state index in [1.165, 1.54) is 0 Å². The highest BCUT2D eigenvalue weighted by Crippen LogP contribution is 2.24. The number of benzene rings is 1. The van der Waals surface area contributed by atoms with E-state index in [1.54, 1.807) is 19.3 Å². The third kappa shape index (κ3) is 1.21. The minimum atomic E-state index is 0.0830. The lowest BCUT2D eigenvalue weighted by Gasteiger charge is -1.98. The fourth-order valence-corrected chi connectivity index (χ4v) is 2.00. The van der Waals surface area contributed by atoms with Gasteiger partial charge in [0, 0.05) is 40.4 Å². The van der Waals surface area contributed by atoms with E-state index < -0.39 is 0 Å². The van der Waals surface area contributed by atoms with Gasteiger partial charge in [0.05, 0.1) is 0 Å². The first kappa shape index (κ1) is 9.09. The molecule has 1 N–H and O–H groups in total. The van der Waals surface area contributed by atoms with Gasteiger partial charge >= 0.3 is 0 Å². The Morgan fingerprint density at radius 3 is 3.00 bits per heavy atom. The van der Waals surface area contributed by atoms with Crippen LogP contribution in [-0.2, 0) is 0 Å². The summed E-state index contributed by atoms with van der Waals surface area (Å²) in [7, 11) is 0. The molecule has 1 aromatic carbocycles. The van der Waals surface area contributed by atoms with Crippen molar-refractivity contribution in [1.82, 2.24) is 9.97 Å². The fraction of sp³-hybridized carbons (Fsp3) is 0.0769. The van der Waals surface area contributed by atoms with Crippen LogP contribution < -0.4 is 0 Å². The van der Waals surface area contributed by atoms with E-state index >= 15 is 0 Å². The van der Waals surface area contributed by atoms with Crippen LogP contribution in [0.2, 0.25) is 0 Å². The predicted octanol–water partition coefficient (Wildman–Crippen LogP) is 2.92. The van der Waals surface area contributed by atoms with Gasteiger partial charge in [0.15, 0.2) is 5.78 Å². The zero-order valence-electron chi connectivity index (χ0n) is 8.82. The molecule has 2 heterocycles. The molecular weight excluding hydrogens is 200 g/mol. The third-order valence-corrected chi connectivity index (χ3v) is 2.82. The number of carbonyl (C=O) groups excluding carboxylic acids is 1. The third-order valence-electron chi connectivity index (χ3n) is 2.82. The van der Waals surface area contributed by atoms with Crippen molar-refractivity contribution in [1.29, 1.82) is 0 Å². The topological polar surface area (TPSA) is 45.8 Å². The molecule has 0 aliphatic carbocycles. The minimum absolute atomic E-state index is 0.0830. The number of carbonyl (C=O) groups is 1. The Balaban J connectivity index is 2.45. The summed E-state index contributed by atoms with van der Waals surface area (Å²) >= 11 is 0. The number of aromatic amines is 1. The maximum atomic E-state index is 11.4. The number of ketones is 1. The molecule has 3 heteroatoms. The number of rotatable bonds is 1. The summed E-state index contributed by atoms with van der Waals surface area (Å²) in [6.45, 7) is 1.58. The first-order valence-corrected chi connectivity index (χ1v) is 5.11. The van der Waals surface area contributed by atoms with Gasteiger partial charge in [-0.2, -0.15) is 0 Å². The molecule has 3 nitrogen and oxygen atoms in total. The monoisotopic (exact) mass is 210 g/mol. The Hall–Kier alpha value is -2.16. The van der Waals surface area contributed by atoms with Crippen molar-refractivity contribution in [3.63, 3.8) is 0 Å². The molecule has 0 atom stereocenters. The molecule has 0 fully saturated rings. The molecule has 3 rings (SSSR count). The molecule has 2 aromatic heterocycles. The molecule has 16 heavy (non-hydrogen) atoms. The fourth-order valence-electron chi connectivity index (χ4n) is 2.00. The standard InChI is InChI=1S/C13H10N2O/c1-8(16)12-7-15-13-5-10-6-14-3-2-9(10)4-11(12)13/h2-7,15H,1H3. The zero-order chi connectivity index (χ0) is 11.1. The Morgan fingerprint density at radius 2 is 2.19 bits per heavy atom.